The zero-order valence-electron chi connectivity index (χ0n) is 12.5. The van der Waals surface area contributed by atoms with E-state index in [4.69, 9.17) is 10.00 Å². The summed E-state index contributed by atoms with van der Waals surface area (Å²) in [5.41, 5.74) is 1.07. The molecule has 0 spiro atoms. The minimum absolute atomic E-state index is 0.329. The third-order valence-corrected chi connectivity index (χ3v) is 2.67. The second-order valence-electron chi connectivity index (χ2n) is 5.65. The Balaban J connectivity index is 2.45. The molecule has 0 aliphatic carbocycles. The number of carbonyl (C=O) groups excluding carboxylic acids is 1. The van der Waals surface area contributed by atoms with Crippen LogP contribution in [-0.4, -0.2) is 35.2 Å². The molecule has 0 aliphatic heterocycles. The number of aryl methyl sites for hydroxylation is 1. The minimum Gasteiger partial charge on any atom is -0.444 e. The fourth-order valence-corrected chi connectivity index (χ4v) is 1.67. The third kappa shape index (κ3) is 5.27. The quantitative estimate of drug-likeness (QED) is 0.847. The van der Waals surface area contributed by atoms with Gasteiger partial charge in [0.05, 0.1) is 11.6 Å². The van der Waals surface area contributed by atoms with Crippen LogP contribution in [0.4, 0.5) is 4.79 Å². The molecule has 1 rings (SSSR count). The molecule has 0 N–H and O–H groups in total. The normalized spacial score (nSPS) is 10.8. The first-order chi connectivity index (χ1) is 9.33. The van der Waals surface area contributed by atoms with Gasteiger partial charge in [-0.05, 0) is 45.2 Å². The number of nitriles is 1. The molecule has 1 aromatic heterocycles. The molecule has 108 valence electrons. The molecule has 0 unspecified atom stereocenters. The Labute approximate surface area is 120 Å². The second-order valence-corrected chi connectivity index (χ2v) is 5.65. The summed E-state index contributed by atoms with van der Waals surface area (Å²) >= 11 is 0. The molecule has 20 heavy (non-hydrogen) atoms. The molecule has 0 aromatic carbocycles. The lowest BCUT2D eigenvalue weighted by atomic mass is 10.1. The first kappa shape index (κ1) is 16.0. The van der Waals surface area contributed by atoms with Gasteiger partial charge in [-0.1, -0.05) is 0 Å². The zero-order chi connectivity index (χ0) is 15.2. The molecule has 1 amide bonds. The summed E-state index contributed by atoms with van der Waals surface area (Å²) < 4.78 is 5.27. The Morgan fingerprint density at radius 1 is 1.50 bits per heavy atom. The van der Waals surface area contributed by atoms with Gasteiger partial charge in [-0.2, -0.15) is 5.26 Å². The predicted octanol–water partition coefficient (Wildman–Crippen LogP) is 2.75. The highest BCUT2D eigenvalue weighted by molar-refractivity contribution is 5.67. The first-order valence-electron chi connectivity index (χ1n) is 6.60. The fraction of sp³-hybridized carbons (Fsp3) is 0.533. The van der Waals surface area contributed by atoms with E-state index in [1.807, 2.05) is 20.8 Å². The number of aromatic nitrogens is 1. The van der Waals surface area contributed by atoms with E-state index in [0.717, 1.165) is 12.0 Å². The predicted molar refractivity (Wildman–Crippen MR) is 76.1 cm³/mol. The highest BCUT2D eigenvalue weighted by atomic mass is 16.6. The fourth-order valence-electron chi connectivity index (χ4n) is 1.67. The molecule has 0 radical (unpaired) electrons. The molecule has 1 heterocycles. The number of ether oxygens (including phenoxy) is 1. The van der Waals surface area contributed by atoms with E-state index in [9.17, 15) is 4.79 Å². The summed E-state index contributed by atoms with van der Waals surface area (Å²) in [5, 5.41) is 8.98. The van der Waals surface area contributed by atoms with Gasteiger partial charge in [0.15, 0.2) is 0 Å². The number of nitrogens with zero attached hydrogens (tertiary/aromatic N) is 3. The molecular formula is C15H21N3O2. The van der Waals surface area contributed by atoms with Crippen LogP contribution in [0.3, 0.4) is 0 Å². The van der Waals surface area contributed by atoms with Crippen LogP contribution in [0, 0.1) is 11.3 Å². The van der Waals surface area contributed by atoms with Crippen molar-refractivity contribution in [3.05, 3.63) is 29.6 Å². The molecule has 0 fully saturated rings. The van der Waals surface area contributed by atoms with Crippen molar-refractivity contribution in [1.82, 2.24) is 9.88 Å². The molecular weight excluding hydrogens is 254 g/mol. The van der Waals surface area contributed by atoms with Crippen LogP contribution in [0.15, 0.2) is 18.5 Å². The van der Waals surface area contributed by atoms with Gasteiger partial charge in [0, 0.05) is 26.0 Å². The smallest absolute Gasteiger partial charge is 0.410 e. The van der Waals surface area contributed by atoms with Crippen molar-refractivity contribution < 1.29 is 9.53 Å². The number of rotatable bonds is 4. The monoisotopic (exact) mass is 275 g/mol. The maximum atomic E-state index is 11.8. The van der Waals surface area contributed by atoms with Gasteiger partial charge in [-0.15, -0.1) is 0 Å². The average molecular weight is 275 g/mol. The first-order valence-corrected chi connectivity index (χ1v) is 6.60. The summed E-state index contributed by atoms with van der Waals surface area (Å²) in [5.74, 6) is 0. The largest absolute Gasteiger partial charge is 0.444 e. The van der Waals surface area contributed by atoms with Gasteiger partial charge in [0.1, 0.15) is 5.60 Å². The molecule has 0 saturated heterocycles. The van der Waals surface area contributed by atoms with Crippen molar-refractivity contribution in [2.24, 2.45) is 0 Å². The lowest BCUT2D eigenvalue weighted by molar-refractivity contribution is 0.0297. The van der Waals surface area contributed by atoms with Gasteiger partial charge in [-0.3, -0.25) is 4.98 Å². The summed E-state index contributed by atoms with van der Waals surface area (Å²) in [6, 6.07) is 3.84. The molecule has 1 aromatic rings. The van der Waals surface area contributed by atoms with Crippen molar-refractivity contribution >= 4 is 6.09 Å². The molecule has 5 nitrogen and oxygen atoms in total. The van der Waals surface area contributed by atoms with Gasteiger partial charge in [0.2, 0.25) is 0 Å². The summed E-state index contributed by atoms with van der Waals surface area (Å²) in [4.78, 5) is 17.3. The highest BCUT2D eigenvalue weighted by Gasteiger charge is 2.19. The number of hydrogen-bond acceptors (Lipinski definition) is 4. The van der Waals surface area contributed by atoms with Gasteiger partial charge in [0.25, 0.3) is 0 Å². The SMILES string of the molecule is CN(CCCc1cnccc1C#N)C(=O)OC(C)(C)C. The van der Waals surface area contributed by atoms with Crippen molar-refractivity contribution in [1.29, 1.82) is 5.26 Å². The van der Waals surface area contributed by atoms with E-state index < -0.39 is 5.60 Å². The topological polar surface area (TPSA) is 66.2 Å². The van der Waals surface area contributed by atoms with E-state index in [-0.39, 0.29) is 6.09 Å². The maximum absolute atomic E-state index is 11.8. The number of pyridine rings is 1. The summed E-state index contributed by atoms with van der Waals surface area (Å²) in [7, 11) is 1.71. The van der Waals surface area contributed by atoms with E-state index >= 15 is 0 Å². The summed E-state index contributed by atoms with van der Waals surface area (Å²) in [6.45, 7) is 6.10. The zero-order valence-corrected chi connectivity index (χ0v) is 12.5. The Hall–Kier alpha value is -2.09. The van der Waals surface area contributed by atoms with E-state index in [1.165, 1.54) is 0 Å². The summed E-state index contributed by atoms with van der Waals surface area (Å²) in [6.07, 6.45) is 4.45. The molecule has 5 heteroatoms. The van der Waals surface area contributed by atoms with Crippen LogP contribution in [0.1, 0.15) is 38.3 Å². The van der Waals surface area contributed by atoms with Crippen molar-refractivity contribution in [2.45, 2.75) is 39.2 Å². The van der Waals surface area contributed by atoms with Crippen LogP contribution in [-0.2, 0) is 11.2 Å². The van der Waals surface area contributed by atoms with Crippen molar-refractivity contribution in [3.63, 3.8) is 0 Å². The molecule has 0 atom stereocenters. The van der Waals surface area contributed by atoms with E-state index in [2.05, 4.69) is 11.1 Å². The van der Waals surface area contributed by atoms with Crippen LogP contribution in [0.5, 0.6) is 0 Å². The van der Waals surface area contributed by atoms with Gasteiger partial charge in [-0.25, -0.2) is 4.79 Å². The molecule has 0 aliphatic rings. The van der Waals surface area contributed by atoms with Crippen LogP contribution in [0.2, 0.25) is 0 Å². The van der Waals surface area contributed by atoms with Crippen molar-refractivity contribution in [3.8, 4) is 6.07 Å². The van der Waals surface area contributed by atoms with Gasteiger partial charge < -0.3 is 9.64 Å². The average Bonchev–Trinajstić information content (AvgIpc) is 2.37. The van der Waals surface area contributed by atoms with Crippen molar-refractivity contribution in [2.75, 3.05) is 13.6 Å². The van der Waals surface area contributed by atoms with E-state index in [1.54, 1.807) is 30.4 Å². The molecule has 0 saturated carbocycles. The minimum atomic E-state index is -0.483. The standard InChI is InChI=1S/C15H21N3O2/c1-15(2,3)20-14(19)18(4)9-5-6-13-11-17-8-7-12(13)10-16/h7-8,11H,5-6,9H2,1-4H3. The lowest BCUT2D eigenvalue weighted by Crippen LogP contribution is -2.34. The van der Waals surface area contributed by atoms with Crippen LogP contribution < -0.4 is 0 Å². The van der Waals surface area contributed by atoms with Gasteiger partial charge >= 0.3 is 6.09 Å². The number of carbonyl (C=O) groups is 1. The lowest BCUT2D eigenvalue weighted by Gasteiger charge is -2.24. The Morgan fingerprint density at radius 3 is 2.80 bits per heavy atom. The van der Waals surface area contributed by atoms with E-state index in [0.29, 0.717) is 18.5 Å². The number of amides is 1. The Bertz CT molecular complexity index is 501. The Kier molecular flexibility index (Phi) is 5.51. The van der Waals surface area contributed by atoms with Crippen LogP contribution >= 0.6 is 0 Å². The highest BCUT2D eigenvalue weighted by Crippen LogP contribution is 2.11. The number of hydrogen-bond donors (Lipinski definition) is 0. The second kappa shape index (κ2) is 6.90. The maximum Gasteiger partial charge on any atom is 0.410 e. The van der Waals surface area contributed by atoms with Crippen LogP contribution in [0.25, 0.3) is 0 Å². The third-order valence-electron chi connectivity index (χ3n) is 2.67. The molecule has 0 bridgehead atoms. The Morgan fingerprint density at radius 2 is 2.20 bits per heavy atom.